The fourth-order valence-corrected chi connectivity index (χ4v) is 2.19. The van der Waals surface area contributed by atoms with Crippen molar-refractivity contribution in [2.24, 2.45) is 0 Å². The van der Waals surface area contributed by atoms with Gasteiger partial charge in [0, 0.05) is 18.0 Å². The summed E-state index contributed by atoms with van der Waals surface area (Å²) in [5.74, 6) is -0.0703. The van der Waals surface area contributed by atoms with E-state index < -0.39 is 0 Å². The van der Waals surface area contributed by atoms with E-state index in [0.29, 0.717) is 0 Å². The van der Waals surface area contributed by atoms with Crippen molar-refractivity contribution in [3.63, 3.8) is 0 Å². The van der Waals surface area contributed by atoms with Crippen LogP contribution >= 0.6 is 0 Å². The summed E-state index contributed by atoms with van der Waals surface area (Å²) < 4.78 is 0. The van der Waals surface area contributed by atoms with Crippen LogP contribution in [0.25, 0.3) is 0 Å². The lowest BCUT2D eigenvalue weighted by Crippen LogP contribution is -2.22. The number of rotatable bonds is 3. The average Bonchev–Trinajstić information content (AvgIpc) is 2.97. The Labute approximate surface area is 95.5 Å². The van der Waals surface area contributed by atoms with E-state index in [1.807, 2.05) is 31.2 Å². The van der Waals surface area contributed by atoms with Gasteiger partial charge in [-0.1, -0.05) is 12.1 Å². The van der Waals surface area contributed by atoms with Crippen molar-refractivity contribution in [2.75, 3.05) is 5.32 Å². The number of anilines is 1. The van der Waals surface area contributed by atoms with Gasteiger partial charge in [0.15, 0.2) is 0 Å². The highest BCUT2D eigenvalue weighted by molar-refractivity contribution is 5.88. The lowest BCUT2D eigenvalue weighted by Gasteiger charge is -2.19. The third-order valence-corrected chi connectivity index (χ3v) is 3.35. The van der Waals surface area contributed by atoms with Gasteiger partial charge in [-0.05, 0) is 37.5 Å². The fourth-order valence-electron chi connectivity index (χ4n) is 2.19. The Hall–Kier alpha value is -1.35. The van der Waals surface area contributed by atoms with E-state index in [4.69, 9.17) is 0 Å². The molecule has 1 unspecified atom stereocenters. The molecule has 3 heteroatoms. The van der Waals surface area contributed by atoms with E-state index in [9.17, 15) is 9.90 Å². The molecule has 16 heavy (non-hydrogen) atoms. The van der Waals surface area contributed by atoms with Crippen LogP contribution in [0.15, 0.2) is 24.3 Å². The van der Waals surface area contributed by atoms with Crippen molar-refractivity contribution in [1.29, 1.82) is 0 Å². The summed E-state index contributed by atoms with van der Waals surface area (Å²) in [6.07, 6.45) is 1.71. The van der Waals surface area contributed by atoms with Crippen LogP contribution in [0.5, 0.6) is 0 Å². The molecule has 2 rings (SSSR count). The molecule has 1 aliphatic carbocycles. The molecule has 1 amide bonds. The van der Waals surface area contributed by atoms with Crippen LogP contribution < -0.4 is 5.32 Å². The number of aliphatic hydroxyl groups is 1. The SMILES string of the molecule is CC(=O)Nc1cccc(C2(C(C)O)CC2)c1. The van der Waals surface area contributed by atoms with Gasteiger partial charge in [-0.2, -0.15) is 0 Å². The lowest BCUT2D eigenvalue weighted by atomic mass is 9.90. The average molecular weight is 219 g/mol. The molecular formula is C13H17NO2. The number of carbonyl (C=O) groups is 1. The maximum absolute atomic E-state index is 11.0. The number of amides is 1. The highest BCUT2D eigenvalue weighted by Gasteiger charge is 2.48. The van der Waals surface area contributed by atoms with E-state index >= 15 is 0 Å². The van der Waals surface area contributed by atoms with Crippen molar-refractivity contribution >= 4 is 11.6 Å². The molecule has 1 fully saturated rings. The van der Waals surface area contributed by atoms with Crippen LogP contribution in [0.4, 0.5) is 5.69 Å². The van der Waals surface area contributed by atoms with Crippen LogP contribution in [0.1, 0.15) is 32.3 Å². The van der Waals surface area contributed by atoms with E-state index in [2.05, 4.69) is 5.32 Å². The number of carbonyl (C=O) groups excluding carboxylic acids is 1. The van der Waals surface area contributed by atoms with E-state index in [1.54, 1.807) is 0 Å². The number of aliphatic hydroxyl groups excluding tert-OH is 1. The highest BCUT2D eigenvalue weighted by atomic mass is 16.3. The number of benzene rings is 1. The van der Waals surface area contributed by atoms with Crippen molar-refractivity contribution in [3.05, 3.63) is 29.8 Å². The van der Waals surface area contributed by atoms with Crippen molar-refractivity contribution in [1.82, 2.24) is 0 Å². The molecule has 0 saturated heterocycles. The molecule has 1 atom stereocenters. The van der Waals surface area contributed by atoms with E-state index in [-0.39, 0.29) is 17.4 Å². The largest absolute Gasteiger partial charge is 0.392 e. The second kappa shape index (κ2) is 3.91. The number of nitrogens with one attached hydrogen (secondary N) is 1. The Morgan fingerprint density at radius 2 is 2.19 bits per heavy atom. The summed E-state index contributed by atoms with van der Waals surface area (Å²) in [7, 11) is 0. The Bertz CT molecular complexity index is 408. The summed E-state index contributed by atoms with van der Waals surface area (Å²) in [6, 6.07) is 7.76. The third-order valence-electron chi connectivity index (χ3n) is 3.35. The molecule has 0 bridgehead atoms. The van der Waals surface area contributed by atoms with Crippen LogP contribution in [0.2, 0.25) is 0 Å². The molecule has 0 aromatic heterocycles. The molecule has 1 aliphatic rings. The zero-order chi connectivity index (χ0) is 11.8. The summed E-state index contributed by atoms with van der Waals surface area (Å²) >= 11 is 0. The third kappa shape index (κ3) is 1.95. The molecule has 0 radical (unpaired) electrons. The quantitative estimate of drug-likeness (QED) is 0.817. The summed E-state index contributed by atoms with van der Waals surface area (Å²) in [4.78, 5) is 11.0. The van der Waals surface area contributed by atoms with Crippen LogP contribution in [0.3, 0.4) is 0 Å². The first-order valence-electron chi connectivity index (χ1n) is 5.61. The van der Waals surface area contributed by atoms with Crippen LogP contribution in [-0.4, -0.2) is 17.1 Å². The minimum Gasteiger partial charge on any atom is -0.392 e. The maximum atomic E-state index is 11.0. The predicted octanol–water partition coefficient (Wildman–Crippen LogP) is 2.06. The second-order valence-corrected chi connectivity index (χ2v) is 4.59. The number of hydrogen-bond acceptors (Lipinski definition) is 2. The van der Waals surface area contributed by atoms with Gasteiger partial charge in [0.1, 0.15) is 0 Å². The van der Waals surface area contributed by atoms with E-state index in [1.165, 1.54) is 6.92 Å². The van der Waals surface area contributed by atoms with Gasteiger partial charge in [-0.15, -0.1) is 0 Å². The van der Waals surface area contributed by atoms with Gasteiger partial charge in [0.2, 0.25) is 5.91 Å². The molecule has 1 saturated carbocycles. The predicted molar refractivity (Wildman–Crippen MR) is 63.3 cm³/mol. The molecular weight excluding hydrogens is 202 g/mol. The van der Waals surface area contributed by atoms with Crippen molar-refractivity contribution in [3.8, 4) is 0 Å². The summed E-state index contributed by atoms with van der Waals surface area (Å²) in [6.45, 7) is 3.33. The molecule has 0 aliphatic heterocycles. The Kier molecular flexibility index (Phi) is 2.72. The van der Waals surface area contributed by atoms with Gasteiger partial charge in [0.05, 0.1) is 6.10 Å². The van der Waals surface area contributed by atoms with Gasteiger partial charge in [0.25, 0.3) is 0 Å². The molecule has 1 aromatic rings. The van der Waals surface area contributed by atoms with E-state index in [0.717, 1.165) is 24.1 Å². The van der Waals surface area contributed by atoms with Gasteiger partial charge in [-0.25, -0.2) is 0 Å². The Morgan fingerprint density at radius 3 is 2.69 bits per heavy atom. The lowest BCUT2D eigenvalue weighted by molar-refractivity contribution is -0.114. The van der Waals surface area contributed by atoms with Crippen LogP contribution in [-0.2, 0) is 10.2 Å². The standard InChI is InChI=1S/C13H17NO2/c1-9(15)13(6-7-13)11-4-3-5-12(8-11)14-10(2)16/h3-5,8-9,15H,6-7H2,1-2H3,(H,14,16). The summed E-state index contributed by atoms with van der Waals surface area (Å²) in [5, 5.41) is 12.5. The number of hydrogen-bond donors (Lipinski definition) is 2. The first-order chi connectivity index (χ1) is 7.54. The van der Waals surface area contributed by atoms with Crippen molar-refractivity contribution < 1.29 is 9.90 Å². The Balaban J connectivity index is 2.26. The normalized spacial score (nSPS) is 18.9. The molecule has 86 valence electrons. The topological polar surface area (TPSA) is 49.3 Å². The van der Waals surface area contributed by atoms with Gasteiger partial charge >= 0.3 is 0 Å². The zero-order valence-electron chi connectivity index (χ0n) is 9.66. The first kappa shape index (κ1) is 11.1. The fraction of sp³-hybridized carbons (Fsp3) is 0.462. The molecule has 3 nitrogen and oxygen atoms in total. The molecule has 0 heterocycles. The van der Waals surface area contributed by atoms with Gasteiger partial charge < -0.3 is 10.4 Å². The monoisotopic (exact) mass is 219 g/mol. The Morgan fingerprint density at radius 1 is 1.50 bits per heavy atom. The minimum atomic E-state index is -0.333. The smallest absolute Gasteiger partial charge is 0.221 e. The molecule has 1 aromatic carbocycles. The second-order valence-electron chi connectivity index (χ2n) is 4.59. The van der Waals surface area contributed by atoms with Crippen LogP contribution in [0, 0.1) is 0 Å². The van der Waals surface area contributed by atoms with Gasteiger partial charge in [-0.3, -0.25) is 4.79 Å². The van der Waals surface area contributed by atoms with Crippen molar-refractivity contribution in [2.45, 2.75) is 38.2 Å². The minimum absolute atomic E-state index is 0.0703. The maximum Gasteiger partial charge on any atom is 0.221 e. The summed E-state index contributed by atoms with van der Waals surface area (Å²) in [5.41, 5.74) is 1.85. The first-order valence-corrected chi connectivity index (χ1v) is 5.61. The molecule has 0 spiro atoms. The highest BCUT2D eigenvalue weighted by Crippen LogP contribution is 2.51. The molecule has 2 N–H and O–H groups in total. The zero-order valence-corrected chi connectivity index (χ0v) is 9.66.